The van der Waals surface area contributed by atoms with Crippen LogP contribution in [0.15, 0.2) is 0 Å². The largest absolute Gasteiger partial charge is 0.319 e. The second-order valence-electron chi connectivity index (χ2n) is 4.30. The number of likely N-dealkylation sites (tertiary alicyclic amines) is 1. The smallest absolute Gasteiger partial charge is 0.0132 e. The zero-order valence-electron chi connectivity index (χ0n) is 9.34. The van der Waals surface area contributed by atoms with Crippen molar-refractivity contribution in [3.8, 4) is 0 Å². The molecule has 1 N–H and O–H groups in total. The molecule has 0 aromatic heterocycles. The topological polar surface area (TPSA) is 15.3 Å². The first kappa shape index (κ1) is 11.0. The van der Waals surface area contributed by atoms with Crippen LogP contribution in [-0.4, -0.2) is 38.1 Å². The predicted octanol–water partition coefficient (Wildman–Crippen LogP) is 1.72. The number of piperidine rings is 1. The first-order valence-electron chi connectivity index (χ1n) is 5.64. The van der Waals surface area contributed by atoms with E-state index >= 15 is 0 Å². The second kappa shape index (κ2) is 5.61. The van der Waals surface area contributed by atoms with Gasteiger partial charge in [-0.2, -0.15) is 0 Å². The summed E-state index contributed by atoms with van der Waals surface area (Å²) in [5, 5.41) is 3.32. The summed E-state index contributed by atoms with van der Waals surface area (Å²) in [6, 6.07) is 0.825. The van der Waals surface area contributed by atoms with Gasteiger partial charge in [-0.05, 0) is 52.4 Å². The maximum absolute atomic E-state index is 3.32. The van der Waals surface area contributed by atoms with Gasteiger partial charge in [0.2, 0.25) is 0 Å². The van der Waals surface area contributed by atoms with Gasteiger partial charge >= 0.3 is 0 Å². The lowest BCUT2D eigenvalue weighted by molar-refractivity contribution is 0.112. The molecule has 1 saturated heterocycles. The highest BCUT2D eigenvalue weighted by Gasteiger charge is 2.27. The molecule has 1 fully saturated rings. The molecule has 1 heterocycles. The number of rotatable bonds is 4. The molecule has 0 radical (unpaired) electrons. The predicted molar refractivity (Wildman–Crippen MR) is 58.0 cm³/mol. The molecule has 0 saturated carbocycles. The van der Waals surface area contributed by atoms with Gasteiger partial charge in [0.1, 0.15) is 0 Å². The van der Waals surface area contributed by atoms with Crippen LogP contribution in [0.2, 0.25) is 0 Å². The monoisotopic (exact) mass is 184 g/mol. The minimum Gasteiger partial charge on any atom is -0.319 e. The molecule has 2 heteroatoms. The summed E-state index contributed by atoms with van der Waals surface area (Å²) in [5.41, 5.74) is 0. The van der Waals surface area contributed by atoms with Gasteiger partial charge < -0.3 is 10.2 Å². The minimum absolute atomic E-state index is 0.825. The molecular weight excluding hydrogens is 160 g/mol. The number of hydrogen-bond donors (Lipinski definition) is 1. The Morgan fingerprint density at radius 2 is 2.23 bits per heavy atom. The van der Waals surface area contributed by atoms with E-state index < -0.39 is 0 Å². The van der Waals surface area contributed by atoms with Crippen molar-refractivity contribution in [1.82, 2.24) is 10.2 Å². The van der Waals surface area contributed by atoms with Crippen LogP contribution in [0.3, 0.4) is 0 Å². The lowest BCUT2D eigenvalue weighted by atomic mass is 9.87. The summed E-state index contributed by atoms with van der Waals surface area (Å²) in [7, 11) is 4.35. The third-order valence-electron chi connectivity index (χ3n) is 3.25. The van der Waals surface area contributed by atoms with E-state index in [0.29, 0.717) is 0 Å². The van der Waals surface area contributed by atoms with Gasteiger partial charge in [0.25, 0.3) is 0 Å². The summed E-state index contributed by atoms with van der Waals surface area (Å²) in [6.07, 6.45) is 5.47. The molecular formula is C11H24N2. The molecule has 0 aromatic carbocycles. The maximum Gasteiger partial charge on any atom is 0.0132 e. The van der Waals surface area contributed by atoms with Crippen molar-refractivity contribution in [1.29, 1.82) is 0 Å². The fourth-order valence-corrected chi connectivity index (χ4v) is 2.57. The van der Waals surface area contributed by atoms with E-state index in [0.717, 1.165) is 12.0 Å². The maximum atomic E-state index is 3.32. The highest BCUT2D eigenvalue weighted by atomic mass is 15.1. The van der Waals surface area contributed by atoms with Crippen LogP contribution in [0.1, 0.15) is 32.6 Å². The highest BCUT2D eigenvalue weighted by molar-refractivity contribution is 4.83. The van der Waals surface area contributed by atoms with Crippen LogP contribution >= 0.6 is 0 Å². The zero-order valence-corrected chi connectivity index (χ0v) is 9.34. The fourth-order valence-electron chi connectivity index (χ4n) is 2.57. The Hall–Kier alpha value is -0.0800. The molecule has 1 aliphatic rings. The van der Waals surface area contributed by atoms with Gasteiger partial charge in [-0.3, -0.25) is 0 Å². The van der Waals surface area contributed by atoms with Crippen molar-refractivity contribution in [2.45, 2.75) is 38.6 Å². The number of hydrogen-bond acceptors (Lipinski definition) is 2. The fraction of sp³-hybridized carbons (Fsp3) is 1.00. The van der Waals surface area contributed by atoms with Crippen molar-refractivity contribution in [2.75, 3.05) is 27.2 Å². The molecule has 0 bridgehead atoms. The average Bonchev–Trinajstić information content (AvgIpc) is 2.11. The molecule has 2 nitrogen and oxygen atoms in total. The van der Waals surface area contributed by atoms with Crippen molar-refractivity contribution in [3.63, 3.8) is 0 Å². The van der Waals surface area contributed by atoms with E-state index in [2.05, 4.69) is 31.2 Å². The van der Waals surface area contributed by atoms with Crippen LogP contribution in [-0.2, 0) is 0 Å². The van der Waals surface area contributed by atoms with Crippen LogP contribution in [0, 0.1) is 5.92 Å². The molecule has 1 rings (SSSR count). The summed E-state index contributed by atoms with van der Waals surface area (Å²) in [4.78, 5) is 2.55. The normalized spacial score (nSPS) is 30.7. The molecule has 0 amide bonds. The van der Waals surface area contributed by atoms with Crippen LogP contribution in [0.4, 0.5) is 0 Å². The Balaban J connectivity index is 2.46. The van der Waals surface area contributed by atoms with Crippen LogP contribution in [0.5, 0.6) is 0 Å². The number of nitrogens with zero attached hydrogens (tertiary/aromatic N) is 1. The second-order valence-corrected chi connectivity index (χ2v) is 4.30. The van der Waals surface area contributed by atoms with Gasteiger partial charge in [-0.1, -0.05) is 13.3 Å². The Bertz CT molecular complexity index is 134. The molecule has 0 aromatic rings. The number of nitrogens with one attached hydrogen (secondary N) is 1. The Labute approximate surface area is 82.7 Å². The molecule has 1 aliphatic heterocycles. The Kier molecular flexibility index (Phi) is 4.74. The first-order chi connectivity index (χ1) is 6.29. The quantitative estimate of drug-likeness (QED) is 0.715. The SMILES string of the molecule is CCCC1C(CNC)CCCN1C. The highest BCUT2D eigenvalue weighted by Crippen LogP contribution is 2.24. The van der Waals surface area contributed by atoms with Crippen molar-refractivity contribution < 1.29 is 0 Å². The van der Waals surface area contributed by atoms with E-state index in [-0.39, 0.29) is 0 Å². The first-order valence-corrected chi connectivity index (χ1v) is 5.64. The van der Waals surface area contributed by atoms with E-state index in [4.69, 9.17) is 0 Å². The van der Waals surface area contributed by atoms with Crippen molar-refractivity contribution in [3.05, 3.63) is 0 Å². The lowest BCUT2D eigenvalue weighted by Gasteiger charge is -2.39. The third kappa shape index (κ3) is 2.96. The Morgan fingerprint density at radius 3 is 2.85 bits per heavy atom. The average molecular weight is 184 g/mol. The van der Waals surface area contributed by atoms with Gasteiger partial charge in [-0.15, -0.1) is 0 Å². The minimum atomic E-state index is 0.825. The molecule has 13 heavy (non-hydrogen) atoms. The zero-order chi connectivity index (χ0) is 9.68. The van der Waals surface area contributed by atoms with E-state index in [1.807, 2.05) is 0 Å². The summed E-state index contributed by atoms with van der Waals surface area (Å²) < 4.78 is 0. The standard InChI is InChI=1S/C11H24N2/c1-4-6-11-10(9-12-2)7-5-8-13(11)3/h10-12H,4-9H2,1-3H3. The van der Waals surface area contributed by atoms with Gasteiger partial charge in [0.05, 0.1) is 0 Å². The molecule has 2 unspecified atom stereocenters. The van der Waals surface area contributed by atoms with Gasteiger partial charge in [0, 0.05) is 6.04 Å². The van der Waals surface area contributed by atoms with Gasteiger partial charge in [-0.25, -0.2) is 0 Å². The van der Waals surface area contributed by atoms with Crippen molar-refractivity contribution >= 4 is 0 Å². The summed E-state index contributed by atoms with van der Waals surface area (Å²) >= 11 is 0. The van der Waals surface area contributed by atoms with Crippen molar-refractivity contribution in [2.24, 2.45) is 5.92 Å². The molecule has 0 spiro atoms. The lowest BCUT2D eigenvalue weighted by Crippen LogP contribution is -2.45. The van der Waals surface area contributed by atoms with Gasteiger partial charge in [0.15, 0.2) is 0 Å². The molecule has 0 aliphatic carbocycles. The third-order valence-corrected chi connectivity index (χ3v) is 3.25. The van der Waals surface area contributed by atoms with E-state index in [9.17, 15) is 0 Å². The van der Waals surface area contributed by atoms with E-state index in [1.165, 1.54) is 38.8 Å². The molecule has 78 valence electrons. The van der Waals surface area contributed by atoms with Crippen LogP contribution in [0.25, 0.3) is 0 Å². The summed E-state index contributed by atoms with van der Waals surface area (Å²) in [5.74, 6) is 0.878. The molecule has 2 atom stereocenters. The van der Waals surface area contributed by atoms with E-state index in [1.54, 1.807) is 0 Å². The summed E-state index contributed by atoms with van der Waals surface area (Å²) in [6.45, 7) is 4.78. The Morgan fingerprint density at radius 1 is 1.46 bits per heavy atom. The van der Waals surface area contributed by atoms with Crippen LogP contribution < -0.4 is 5.32 Å².